The van der Waals surface area contributed by atoms with Crippen molar-refractivity contribution >= 4 is 21.6 Å². The monoisotopic (exact) mass is 444 g/mol. The average Bonchev–Trinajstić information content (AvgIpc) is 2.73. The van der Waals surface area contributed by atoms with Gasteiger partial charge in [0.1, 0.15) is 6.54 Å². The number of rotatable bonds is 7. The standard InChI is InChI=1S/C23H22F2N2O3S/c1-16-8-10-18(11-9-16)23(17-6-4-3-5-7-17)26-22(28)15-27(31(2,29)30)19-12-13-20(24)21(25)14-19/h3-14,23H,15H2,1-2H3,(H,26,28)/t23-/m1/s1. The van der Waals surface area contributed by atoms with Gasteiger partial charge in [0.25, 0.3) is 0 Å². The van der Waals surface area contributed by atoms with E-state index >= 15 is 0 Å². The van der Waals surface area contributed by atoms with Crippen LogP contribution in [0.15, 0.2) is 72.8 Å². The zero-order valence-corrected chi connectivity index (χ0v) is 17.9. The summed E-state index contributed by atoms with van der Waals surface area (Å²) < 4.78 is 52.2. The molecule has 0 heterocycles. The van der Waals surface area contributed by atoms with Crippen molar-refractivity contribution in [3.05, 3.63) is 101 Å². The summed E-state index contributed by atoms with van der Waals surface area (Å²) in [5.74, 6) is -2.90. The summed E-state index contributed by atoms with van der Waals surface area (Å²) in [7, 11) is -3.93. The summed E-state index contributed by atoms with van der Waals surface area (Å²) in [4.78, 5) is 12.9. The predicted octanol–water partition coefficient (Wildman–Crippen LogP) is 3.95. The summed E-state index contributed by atoms with van der Waals surface area (Å²) >= 11 is 0. The molecule has 3 aromatic rings. The van der Waals surface area contributed by atoms with Gasteiger partial charge >= 0.3 is 0 Å². The Hall–Kier alpha value is -3.26. The fourth-order valence-electron chi connectivity index (χ4n) is 3.14. The van der Waals surface area contributed by atoms with Crippen LogP contribution in [0.5, 0.6) is 0 Å². The Kier molecular flexibility index (Phi) is 6.70. The van der Waals surface area contributed by atoms with Gasteiger partial charge < -0.3 is 5.32 Å². The van der Waals surface area contributed by atoms with Gasteiger partial charge in [0.15, 0.2) is 11.6 Å². The first-order chi connectivity index (χ1) is 14.6. The molecule has 1 N–H and O–H groups in total. The zero-order valence-electron chi connectivity index (χ0n) is 17.0. The van der Waals surface area contributed by atoms with Gasteiger partial charge in [-0.05, 0) is 30.2 Å². The molecule has 0 spiro atoms. The number of carbonyl (C=O) groups is 1. The van der Waals surface area contributed by atoms with Gasteiger partial charge in [0.05, 0.1) is 18.0 Å². The molecule has 3 aromatic carbocycles. The topological polar surface area (TPSA) is 66.5 Å². The molecule has 0 saturated heterocycles. The van der Waals surface area contributed by atoms with E-state index in [9.17, 15) is 22.0 Å². The fraction of sp³-hybridized carbons (Fsp3) is 0.174. The van der Waals surface area contributed by atoms with Crippen LogP contribution in [-0.2, 0) is 14.8 Å². The maximum Gasteiger partial charge on any atom is 0.241 e. The first-order valence-electron chi connectivity index (χ1n) is 9.49. The number of hydrogen-bond donors (Lipinski definition) is 1. The molecule has 5 nitrogen and oxygen atoms in total. The van der Waals surface area contributed by atoms with E-state index in [1.807, 2.05) is 61.5 Å². The molecule has 162 valence electrons. The number of carbonyl (C=O) groups excluding carboxylic acids is 1. The van der Waals surface area contributed by atoms with Crippen molar-refractivity contribution < 1.29 is 22.0 Å². The van der Waals surface area contributed by atoms with Gasteiger partial charge in [0, 0.05) is 6.07 Å². The van der Waals surface area contributed by atoms with Crippen molar-refractivity contribution in [3.63, 3.8) is 0 Å². The van der Waals surface area contributed by atoms with Crippen molar-refractivity contribution in [3.8, 4) is 0 Å². The van der Waals surface area contributed by atoms with E-state index in [2.05, 4.69) is 5.32 Å². The highest BCUT2D eigenvalue weighted by atomic mass is 32.2. The van der Waals surface area contributed by atoms with Crippen LogP contribution in [0.2, 0.25) is 0 Å². The van der Waals surface area contributed by atoms with E-state index in [0.29, 0.717) is 0 Å². The van der Waals surface area contributed by atoms with Gasteiger partial charge in [-0.2, -0.15) is 0 Å². The van der Waals surface area contributed by atoms with Crippen LogP contribution in [0.1, 0.15) is 22.7 Å². The summed E-state index contributed by atoms with van der Waals surface area (Å²) in [5, 5.41) is 2.85. The number of hydrogen-bond acceptors (Lipinski definition) is 3. The van der Waals surface area contributed by atoms with Crippen LogP contribution in [-0.4, -0.2) is 27.1 Å². The summed E-state index contributed by atoms with van der Waals surface area (Å²) in [6, 6.07) is 19.0. The minimum Gasteiger partial charge on any atom is -0.344 e. The molecule has 1 atom stereocenters. The number of halogens is 2. The molecular formula is C23H22F2N2O3S. The molecule has 1 amide bonds. The van der Waals surface area contributed by atoms with E-state index in [1.165, 1.54) is 0 Å². The van der Waals surface area contributed by atoms with E-state index in [1.54, 1.807) is 0 Å². The van der Waals surface area contributed by atoms with Crippen LogP contribution in [0.3, 0.4) is 0 Å². The average molecular weight is 445 g/mol. The van der Waals surface area contributed by atoms with Gasteiger partial charge in [-0.3, -0.25) is 9.10 Å². The summed E-state index contributed by atoms with van der Waals surface area (Å²) in [6.45, 7) is 1.37. The van der Waals surface area contributed by atoms with E-state index in [4.69, 9.17) is 0 Å². The van der Waals surface area contributed by atoms with Gasteiger partial charge in [-0.15, -0.1) is 0 Å². The van der Waals surface area contributed by atoms with E-state index in [0.717, 1.165) is 45.5 Å². The molecule has 0 aliphatic heterocycles. The Labute approximate surface area is 180 Å². The smallest absolute Gasteiger partial charge is 0.241 e. The lowest BCUT2D eigenvalue weighted by atomic mass is 9.98. The Morgan fingerprint density at radius 2 is 1.55 bits per heavy atom. The highest BCUT2D eigenvalue weighted by Crippen LogP contribution is 2.24. The molecule has 0 unspecified atom stereocenters. The van der Waals surface area contributed by atoms with E-state index in [-0.39, 0.29) is 5.69 Å². The van der Waals surface area contributed by atoms with Crippen molar-refractivity contribution in [2.75, 3.05) is 17.1 Å². The molecule has 0 aliphatic carbocycles. The molecule has 0 radical (unpaired) electrons. The molecule has 0 aromatic heterocycles. The molecule has 8 heteroatoms. The van der Waals surface area contributed by atoms with Crippen LogP contribution in [0.25, 0.3) is 0 Å². The number of anilines is 1. The Bertz CT molecular complexity index is 1170. The Morgan fingerprint density at radius 1 is 0.935 bits per heavy atom. The van der Waals surface area contributed by atoms with E-state index < -0.39 is 40.2 Å². The van der Waals surface area contributed by atoms with Gasteiger partial charge in [0.2, 0.25) is 15.9 Å². The third-order valence-corrected chi connectivity index (χ3v) is 5.87. The predicted molar refractivity (Wildman–Crippen MR) is 116 cm³/mol. The highest BCUT2D eigenvalue weighted by Gasteiger charge is 2.24. The highest BCUT2D eigenvalue weighted by molar-refractivity contribution is 7.92. The van der Waals surface area contributed by atoms with Gasteiger partial charge in [-0.1, -0.05) is 60.2 Å². The van der Waals surface area contributed by atoms with Crippen molar-refractivity contribution in [2.24, 2.45) is 0 Å². The summed E-state index contributed by atoms with van der Waals surface area (Å²) in [6.07, 6.45) is 0.899. The van der Waals surface area contributed by atoms with Gasteiger partial charge in [-0.25, -0.2) is 17.2 Å². The SMILES string of the molecule is Cc1ccc([C@H](NC(=O)CN(c2ccc(F)c(F)c2)S(C)(=O)=O)c2ccccc2)cc1. The largest absolute Gasteiger partial charge is 0.344 e. The maximum absolute atomic E-state index is 13.7. The number of aryl methyl sites for hydroxylation is 1. The molecule has 0 fully saturated rings. The molecule has 31 heavy (non-hydrogen) atoms. The van der Waals surface area contributed by atoms with Crippen LogP contribution < -0.4 is 9.62 Å². The number of sulfonamides is 1. The normalized spacial score (nSPS) is 12.3. The quantitative estimate of drug-likeness (QED) is 0.600. The molecule has 3 rings (SSSR count). The third-order valence-electron chi connectivity index (χ3n) is 4.73. The number of amides is 1. The fourth-order valence-corrected chi connectivity index (χ4v) is 3.99. The maximum atomic E-state index is 13.7. The second-order valence-corrected chi connectivity index (χ2v) is 9.10. The first-order valence-corrected chi connectivity index (χ1v) is 11.3. The lowest BCUT2D eigenvalue weighted by Gasteiger charge is -2.25. The molecule has 0 bridgehead atoms. The van der Waals surface area contributed by atoms with Crippen molar-refractivity contribution in [1.29, 1.82) is 0 Å². The molecular weight excluding hydrogens is 422 g/mol. The Balaban J connectivity index is 1.89. The van der Waals surface area contributed by atoms with Crippen LogP contribution in [0.4, 0.5) is 14.5 Å². The van der Waals surface area contributed by atoms with Crippen molar-refractivity contribution in [2.45, 2.75) is 13.0 Å². The minimum absolute atomic E-state index is 0.136. The van der Waals surface area contributed by atoms with Crippen LogP contribution in [0, 0.1) is 18.6 Å². The lowest BCUT2D eigenvalue weighted by molar-refractivity contribution is -0.120. The van der Waals surface area contributed by atoms with Crippen molar-refractivity contribution in [1.82, 2.24) is 5.32 Å². The first kappa shape index (κ1) is 22.4. The second kappa shape index (κ2) is 9.26. The third kappa shape index (κ3) is 5.67. The minimum atomic E-state index is -3.93. The van der Waals surface area contributed by atoms with Crippen LogP contribution >= 0.6 is 0 Å². The number of nitrogens with one attached hydrogen (secondary N) is 1. The zero-order chi connectivity index (χ0) is 22.6. The lowest BCUT2D eigenvalue weighted by Crippen LogP contribution is -2.41. The second-order valence-electron chi connectivity index (χ2n) is 7.19. The Morgan fingerprint density at radius 3 is 2.13 bits per heavy atom. The number of nitrogens with zero attached hydrogens (tertiary/aromatic N) is 1. The summed E-state index contributed by atoms with van der Waals surface area (Å²) in [5.41, 5.74) is 2.56. The molecule has 0 saturated carbocycles. The number of benzene rings is 3. The molecule has 0 aliphatic rings.